The van der Waals surface area contributed by atoms with Crippen molar-refractivity contribution in [2.24, 2.45) is 0 Å². The first-order valence-corrected chi connectivity index (χ1v) is 8.66. The number of aromatic amines is 1. The third-order valence-electron chi connectivity index (χ3n) is 3.99. The fourth-order valence-corrected chi connectivity index (χ4v) is 3.91. The number of nitrogens with one attached hydrogen (secondary N) is 1. The Morgan fingerprint density at radius 3 is 2.79 bits per heavy atom. The fourth-order valence-electron chi connectivity index (χ4n) is 2.83. The lowest BCUT2D eigenvalue weighted by Gasteiger charge is -1.95. The smallest absolute Gasteiger partial charge is 0.213 e. The highest BCUT2D eigenvalue weighted by atomic mass is 35.5. The lowest BCUT2D eigenvalue weighted by molar-refractivity contribution is 0.979. The third-order valence-corrected chi connectivity index (χ3v) is 5.18. The summed E-state index contributed by atoms with van der Waals surface area (Å²) < 4.78 is 1.84. The maximum atomic E-state index is 6.13. The molecule has 3 aromatic heterocycles. The number of imidazole rings is 1. The van der Waals surface area contributed by atoms with Crippen molar-refractivity contribution < 1.29 is 0 Å². The van der Waals surface area contributed by atoms with E-state index in [2.05, 4.69) is 17.1 Å². The summed E-state index contributed by atoms with van der Waals surface area (Å²) in [7, 11) is 0. The molecule has 0 saturated heterocycles. The first-order chi connectivity index (χ1) is 11.8. The number of hydrogen-bond donors (Lipinski definition) is 1. The Kier molecular flexibility index (Phi) is 2.98. The van der Waals surface area contributed by atoms with Crippen LogP contribution >= 0.6 is 22.9 Å². The summed E-state index contributed by atoms with van der Waals surface area (Å²) in [6.45, 7) is 0. The summed E-state index contributed by atoms with van der Waals surface area (Å²) in [5, 5.41) is 7.40. The van der Waals surface area contributed by atoms with Gasteiger partial charge in [-0.25, -0.2) is 9.50 Å². The van der Waals surface area contributed by atoms with E-state index in [0.717, 1.165) is 42.7 Å². The van der Waals surface area contributed by atoms with Gasteiger partial charge in [-0.1, -0.05) is 53.3 Å². The standard InChI is InChI=1S/C18H11ClN4S/c19-12-6-7-15-13(8-12)14(9-20-15)17-22-23-10-16(21-18(23)24-17)11-4-2-1-3-5-11/h1-10,20H. The first kappa shape index (κ1) is 13.8. The van der Waals surface area contributed by atoms with Gasteiger partial charge in [0, 0.05) is 33.2 Å². The van der Waals surface area contributed by atoms with Gasteiger partial charge in [-0.2, -0.15) is 5.10 Å². The summed E-state index contributed by atoms with van der Waals surface area (Å²) >= 11 is 7.70. The molecule has 1 N–H and O–H groups in total. The van der Waals surface area contributed by atoms with Crippen LogP contribution in [0.5, 0.6) is 0 Å². The van der Waals surface area contributed by atoms with Gasteiger partial charge in [-0.05, 0) is 18.2 Å². The molecule has 0 saturated carbocycles. The van der Waals surface area contributed by atoms with Gasteiger partial charge < -0.3 is 4.98 Å². The van der Waals surface area contributed by atoms with E-state index in [0.29, 0.717) is 0 Å². The summed E-state index contributed by atoms with van der Waals surface area (Å²) in [6.07, 6.45) is 3.93. The largest absolute Gasteiger partial charge is 0.360 e. The maximum Gasteiger partial charge on any atom is 0.213 e. The molecule has 6 heteroatoms. The number of hydrogen-bond acceptors (Lipinski definition) is 3. The second kappa shape index (κ2) is 5.19. The van der Waals surface area contributed by atoms with Crippen LogP contribution in [0, 0.1) is 0 Å². The quantitative estimate of drug-likeness (QED) is 0.472. The minimum Gasteiger partial charge on any atom is -0.360 e. The highest BCUT2D eigenvalue weighted by molar-refractivity contribution is 7.20. The third kappa shape index (κ3) is 2.13. The SMILES string of the molecule is Clc1ccc2[nH]cc(-c3nn4cc(-c5ccccc5)nc4s3)c2c1. The minimum absolute atomic E-state index is 0.719. The molecule has 0 fully saturated rings. The lowest BCUT2D eigenvalue weighted by atomic mass is 10.2. The predicted octanol–water partition coefficient (Wildman–Crippen LogP) is 5.26. The zero-order valence-corrected chi connectivity index (χ0v) is 14.0. The van der Waals surface area contributed by atoms with Gasteiger partial charge in [-0.3, -0.25) is 0 Å². The summed E-state index contributed by atoms with van der Waals surface area (Å²) in [6, 6.07) is 15.9. The molecule has 0 atom stereocenters. The van der Waals surface area contributed by atoms with E-state index in [1.54, 1.807) is 11.3 Å². The van der Waals surface area contributed by atoms with E-state index < -0.39 is 0 Å². The predicted molar refractivity (Wildman–Crippen MR) is 98.6 cm³/mol. The highest BCUT2D eigenvalue weighted by Gasteiger charge is 2.14. The molecule has 0 aliphatic rings. The van der Waals surface area contributed by atoms with Gasteiger partial charge in [-0.15, -0.1) is 0 Å². The highest BCUT2D eigenvalue weighted by Crippen LogP contribution is 2.34. The molecule has 0 aliphatic heterocycles. The molecule has 116 valence electrons. The van der Waals surface area contributed by atoms with E-state index in [1.807, 2.05) is 53.3 Å². The van der Waals surface area contributed by atoms with Crippen LogP contribution in [0.15, 0.2) is 60.9 Å². The minimum atomic E-state index is 0.719. The Morgan fingerprint density at radius 2 is 1.96 bits per heavy atom. The summed E-state index contributed by atoms with van der Waals surface area (Å²) in [5.41, 5.74) is 4.12. The Bertz CT molecular complexity index is 1140. The molecule has 2 aromatic carbocycles. The van der Waals surface area contributed by atoms with Crippen molar-refractivity contribution in [1.82, 2.24) is 19.6 Å². The molecule has 0 bridgehead atoms. The van der Waals surface area contributed by atoms with Crippen molar-refractivity contribution in [2.75, 3.05) is 0 Å². The average Bonchev–Trinajstić information content (AvgIpc) is 3.27. The molecular weight excluding hydrogens is 340 g/mol. The second-order valence-corrected chi connectivity index (χ2v) is 6.91. The zero-order valence-electron chi connectivity index (χ0n) is 12.4. The summed E-state index contributed by atoms with van der Waals surface area (Å²) in [5.74, 6) is 0. The second-order valence-electron chi connectivity index (χ2n) is 5.52. The number of nitrogens with zero attached hydrogens (tertiary/aromatic N) is 3. The molecule has 3 heterocycles. The lowest BCUT2D eigenvalue weighted by Crippen LogP contribution is -1.82. The molecule has 4 nitrogen and oxygen atoms in total. The number of rotatable bonds is 2. The molecule has 24 heavy (non-hydrogen) atoms. The van der Waals surface area contributed by atoms with Crippen molar-refractivity contribution in [3.8, 4) is 21.8 Å². The normalized spacial score (nSPS) is 11.5. The van der Waals surface area contributed by atoms with Crippen LogP contribution in [-0.4, -0.2) is 19.6 Å². The molecule has 5 aromatic rings. The van der Waals surface area contributed by atoms with E-state index in [1.165, 1.54) is 0 Å². The van der Waals surface area contributed by atoms with Crippen LogP contribution in [0.2, 0.25) is 5.02 Å². The number of benzene rings is 2. The van der Waals surface area contributed by atoms with Gasteiger partial charge in [0.2, 0.25) is 4.96 Å². The van der Waals surface area contributed by atoms with Gasteiger partial charge in [0.15, 0.2) is 0 Å². The Labute approximate surface area is 146 Å². The first-order valence-electron chi connectivity index (χ1n) is 7.46. The van der Waals surface area contributed by atoms with Crippen molar-refractivity contribution >= 4 is 38.8 Å². The fraction of sp³-hybridized carbons (Fsp3) is 0. The van der Waals surface area contributed by atoms with Crippen LogP contribution in [0.1, 0.15) is 0 Å². The number of fused-ring (bicyclic) bond motifs is 2. The number of aromatic nitrogens is 4. The molecule has 5 rings (SSSR count). The van der Waals surface area contributed by atoms with Gasteiger partial charge in [0.05, 0.1) is 11.9 Å². The Morgan fingerprint density at radius 1 is 1.08 bits per heavy atom. The molecule has 0 radical (unpaired) electrons. The summed E-state index contributed by atoms with van der Waals surface area (Å²) in [4.78, 5) is 8.84. The average molecular weight is 351 g/mol. The molecule has 0 spiro atoms. The topological polar surface area (TPSA) is 46.0 Å². The molecule has 0 aliphatic carbocycles. The zero-order chi connectivity index (χ0) is 16.1. The van der Waals surface area contributed by atoms with E-state index >= 15 is 0 Å². The molecule has 0 amide bonds. The van der Waals surface area contributed by atoms with Crippen LogP contribution in [-0.2, 0) is 0 Å². The van der Waals surface area contributed by atoms with Crippen LogP contribution in [0.4, 0.5) is 0 Å². The van der Waals surface area contributed by atoms with Crippen molar-refractivity contribution in [3.63, 3.8) is 0 Å². The Balaban J connectivity index is 1.63. The maximum absolute atomic E-state index is 6.13. The monoisotopic (exact) mass is 350 g/mol. The Hall–Kier alpha value is -2.63. The van der Waals surface area contributed by atoms with Crippen LogP contribution in [0.25, 0.3) is 37.7 Å². The van der Waals surface area contributed by atoms with Gasteiger partial charge in [0.25, 0.3) is 0 Å². The van der Waals surface area contributed by atoms with Crippen molar-refractivity contribution in [3.05, 3.63) is 65.9 Å². The van der Waals surface area contributed by atoms with E-state index in [-0.39, 0.29) is 0 Å². The van der Waals surface area contributed by atoms with E-state index in [4.69, 9.17) is 21.7 Å². The van der Waals surface area contributed by atoms with Crippen LogP contribution in [0.3, 0.4) is 0 Å². The molecule has 0 unspecified atom stereocenters. The van der Waals surface area contributed by atoms with Crippen molar-refractivity contribution in [1.29, 1.82) is 0 Å². The van der Waals surface area contributed by atoms with E-state index in [9.17, 15) is 0 Å². The van der Waals surface area contributed by atoms with Gasteiger partial charge >= 0.3 is 0 Å². The van der Waals surface area contributed by atoms with Gasteiger partial charge in [0.1, 0.15) is 5.01 Å². The number of halogens is 1. The van der Waals surface area contributed by atoms with Crippen molar-refractivity contribution in [2.45, 2.75) is 0 Å². The number of H-pyrrole nitrogens is 1. The molecular formula is C18H11ClN4S. The van der Waals surface area contributed by atoms with Crippen LogP contribution < -0.4 is 0 Å².